The Balaban J connectivity index is 1.30. The number of carbonyl (C=O) groups is 2. The molecule has 0 saturated carbocycles. The fourth-order valence-corrected chi connectivity index (χ4v) is 4.94. The highest BCUT2D eigenvalue weighted by Gasteiger charge is 2.34. The number of carbonyl (C=O) groups excluding carboxylic acids is 2. The molecule has 1 unspecified atom stereocenters. The summed E-state index contributed by atoms with van der Waals surface area (Å²) in [5.74, 6) is 0.162. The van der Waals surface area contributed by atoms with Crippen molar-refractivity contribution in [1.29, 1.82) is 0 Å². The van der Waals surface area contributed by atoms with E-state index in [0.717, 1.165) is 77.8 Å². The molecule has 3 saturated heterocycles. The van der Waals surface area contributed by atoms with E-state index in [2.05, 4.69) is 9.80 Å². The second kappa shape index (κ2) is 8.60. The molecule has 2 amide bonds. The predicted molar refractivity (Wildman–Crippen MR) is 105 cm³/mol. The van der Waals surface area contributed by atoms with Gasteiger partial charge in [-0.15, -0.1) is 0 Å². The van der Waals surface area contributed by atoms with Crippen LogP contribution < -0.4 is 0 Å². The van der Waals surface area contributed by atoms with Gasteiger partial charge in [0, 0.05) is 44.3 Å². The lowest BCUT2D eigenvalue weighted by Crippen LogP contribution is -2.51. The van der Waals surface area contributed by atoms with Crippen LogP contribution in [0, 0.1) is 11.7 Å². The van der Waals surface area contributed by atoms with Gasteiger partial charge < -0.3 is 9.80 Å². The van der Waals surface area contributed by atoms with Gasteiger partial charge in [0.1, 0.15) is 5.82 Å². The molecule has 5 nitrogen and oxygen atoms in total. The van der Waals surface area contributed by atoms with Gasteiger partial charge in [-0.05, 0) is 69.3 Å². The SMILES string of the molecule is O=C(c1ccc(F)cc1)N1CCC(N2CCCC(C(=O)N3CCCC3)C2)CC1. The van der Waals surface area contributed by atoms with Crippen molar-refractivity contribution in [1.82, 2.24) is 14.7 Å². The molecule has 1 atom stereocenters. The summed E-state index contributed by atoms with van der Waals surface area (Å²) in [5.41, 5.74) is 0.550. The molecule has 0 aliphatic carbocycles. The zero-order valence-electron chi connectivity index (χ0n) is 16.5. The van der Waals surface area contributed by atoms with E-state index in [0.29, 0.717) is 17.5 Å². The van der Waals surface area contributed by atoms with Crippen LogP contribution in [-0.4, -0.2) is 71.8 Å². The number of benzene rings is 1. The number of hydrogen-bond donors (Lipinski definition) is 0. The minimum atomic E-state index is -0.321. The molecule has 1 aromatic rings. The molecule has 0 bridgehead atoms. The quantitative estimate of drug-likeness (QED) is 0.801. The minimum Gasteiger partial charge on any atom is -0.342 e. The zero-order valence-corrected chi connectivity index (χ0v) is 16.5. The fraction of sp³-hybridized carbons (Fsp3) is 0.636. The average Bonchev–Trinajstić information content (AvgIpc) is 3.28. The van der Waals surface area contributed by atoms with Crippen LogP contribution in [0.1, 0.15) is 48.9 Å². The number of halogens is 1. The summed E-state index contributed by atoms with van der Waals surface area (Å²) < 4.78 is 13.1. The van der Waals surface area contributed by atoms with Crippen LogP contribution in [0.5, 0.6) is 0 Å². The van der Waals surface area contributed by atoms with E-state index in [4.69, 9.17) is 0 Å². The van der Waals surface area contributed by atoms with Crippen LogP contribution in [0.3, 0.4) is 0 Å². The summed E-state index contributed by atoms with van der Waals surface area (Å²) in [6.07, 6.45) is 6.26. The third-order valence-electron chi connectivity index (χ3n) is 6.58. The molecule has 0 N–H and O–H groups in total. The van der Waals surface area contributed by atoms with Gasteiger partial charge in [-0.3, -0.25) is 14.5 Å². The Kier molecular flexibility index (Phi) is 5.95. The summed E-state index contributed by atoms with van der Waals surface area (Å²) in [6, 6.07) is 6.24. The van der Waals surface area contributed by atoms with Crippen LogP contribution in [0.15, 0.2) is 24.3 Å². The van der Waals surface area contributed by atoms with Crippen LogP contribution in [0.2, 0.25) is 0 Å². The Hall–Kier alpha value is -1.95. The maximum Gasteiger partial charge on any atom is 0.253 e. The molecule has 6 heteroatoms. The summed E-state index contributed by atoms with van der Waals surface area (Å²) in [7, 11) is 0. The van der Waals surface area contributed by atoms with Crippen molar-refractivity contribution in [3.8, 4) is 0 Å². The van der Waals surface area contributed by atoms with Crippen molar-refractivity contribution in [2.45, 2.75) is 44.6 Å². The second-order valence-corrected chi connectivity index (χ2v) is 8.40. The van der Waals surface area contributed by atoms with E-state index in [1.165, 1.54) is 12.1 Å². The number of piperidine rings is 2. The van der Waals surface area contributed by atoms with Gasteiger partial charge in [-0.1, -0.05) is 0 Å². The van der Waals surface area contributed by atoms with Crippen molar-refractivity contribution in [3.05, 3.63) is 35.6 Å². The lowest BCUT2D eigenvalue weighted by molar-refractivity contribution is -0.136. The van der Waals surface area contributed by atoms with Gasteiger partial charge in [0.05, 0.1) is 5.92 Å². The molecular weight excluding hydrogens is 357 g/mol. The van der Waals surface area contributed by atoms with Crippen LogP contribution >= 0.6 is 0 Å². The van der Waals surface area contributed by atoms with Crippen molar-refractivity contribution in [2.75, 3.05) is 39.3 Å². The van der Waals surface area contributed by atoms with Gasteiger partial charge in [0.25, 0.3) is 5.91 Å². The first-order chi connectivity index (χ1) is 13.6. The lowest BCUT2D eigenvalue weighted by Gasteiger charge is -2.42. The molecular formula is C22H30FN3O2. The second-order valence-electron chi connectivity index (χ2n) is 8.40. The van der Waals surface area contributed by atoms with Crippen molar-refractivity contribution in [3.63, 3.8) is 0 Å². The topological polar surface area (TPSA) is 43.9 Å². The monoisotopic (exact) mass is 387 g/mol. The van der Waals surface area contributed by atoms with E-state index in [9.17, 15) is 14.0 Å². The van der Waals surface area contributed by atoms with E-state index in [1.54, 1.807) is 12.1 Å². The highest BCUT2D eigenvalue weighted by Crippen LogP contribution is 2.26. The van der Waals surface area contributed by atoms with E-state index in [1.807, 2.05) is 4.90 Å². The normalized spacial score (nSPS) is 24.5. The zero-order chi connectivity index (χ0) is 19.5. The smallest absolute Gasteiger partial charge is 0.253 e. The lowest BCUT2D eigenvalue weighted by atomic mass is 9.92. The van der Waals surface area contributed by atoms with E-state index >= 15 is 0 Å². The van der Waals surface area contributed by atoms with E-state index < -0.39 is 0 Å². The standard InChI is InChI=1S/C22H30FN3O2/c23-19-7-5-17(6-8-19)21(27)25-14-9-20(10-15-25)26-13-3-4-18(16-26)22(28)24-11-1-2-12-24/h5-8,18,20H,1-4,9-16H2. The Bertz CT molecular complexity index is 694. The molecule has 0 radical (unpaired) electrons. The number of rotatable bonds is 3. The van der Waals surface area contributed by atoms with Crippen LogP contribution in [0.4, 0.5) is 4.39 Å². The Morgan fingerprint density at radius 3 is 2.18 bits per heavy atom. The van der Waals surface area contributed by atoms with Crippen LogP contribution in [0.25, 0.3) is 0 Å². The van der Waals surface area contributed by atoms with Gasteiger partial charge in [-0.25, -0.2) is 4.39 Å². The highest BCUT2D eigenvalue weighted by atomic mass is 19.1. The molecule has 152 valence electrons. The third-order valence-corrected chi connectivity index (χ3v) is 6.58. The maximum absolute atomic E-state index is 13.1. The van der Waals surface area contributed by atoms with Gasteiger partial charge in [0.2, 0.25) is 5.91 Å². The number of likely N-dealkylation sites (tertiary alicyclic amines) is 3. The number of amides is 2. The Labute approximate surface area is 166 Å². The molecule has 4 rings (SSSR count). The largest absolute Gasteiger partial charge is 0.342 e. The third kappa shape index (κ3) is 4.22. The van der Waals surface area contributed by atoms with E-state index in [-0.39, 0.29) is 17.6 Å². The summed E-state index contributed by atoms with van der Waals surface area (Å²) >= 11 is 0. The molecule has 3 aliphatic rings. The molecule has 0 spiro atoms. The maximum atomic E-state index is 13.1. The van der Waals surface area contributed by atoms with Gasteiger partial charge in [0.15, 0.2) is 0 Å². The highest BCUT2D eigenvalue weighted by molar-refractivity contribution is 5.94. The van der Waals surface area contributed by atoms with Crippen LogP contribution in [-0.2, 0) is 4.79 Å². The van der Waals surface area contributed by atoms with Gasteiger partial charge >= 0.3 is 0 Å². The Morgan fingerprint density at radius 1 is 0.821 bits per heavy atom. The van der Waals surface area contributed by atoms with Crippen molar-refractivity contribution >= 4 is 11.8 Å². The minimum absolute atomic E-state index is 0.0146. The summed E-state index contributed by atoms with van der Waals surface area (Å²) in [4.78, 5) is 31.8. The molecule has 3 heterocycles. The number of nitrogens with zero attached hydrogens (tertiary/aromatic N) is 3. The first kappa shape index (κ1) is 19.4. The van der Waals surface area contributed by atoms with Crippen molar-refractivity contribution in [2.24, 2.45) is 5.92 Å². The van der Waals surface area contributed by atoms with Crippen molar-refractivity contribution < 1.29 is 14.0 Å². The molecule has 28 heavy (non-hydrogen) atoms. The number of hydrogen-bond acceptors (Lipinski definition) is 3. The summed E-state index contributed by atoms with van der Waals surface area (Å²) in [5, 5.41) is 0. The fourth-order valence-electron chi connectivity index (χ4n) is 4.94. The first-order valence-corrected chi connectivity index (χ1v) is 10.7. The predicted octanol–water partition coefficient (Wildman–Crippen LogP) is 2.76. The average molecular weight is 387 g/mol. The summed E-state index contributed by atoms with van der Waals surface area (Å²) in [6.45, 7) is 5.23. The Morgan fingerprint density at radius 2 is 1.50 bits per heavy atom. The van der Waals surface area contributed by atoms with Gasteiger partial charge in [-0.2, -0.15) is 0 Å². The first-order valence-electron chi connectivity index (χ1n) is 10.7. The molecule has 3 fully saturated rings. The molecule has 0 aromatic heterocycles. The molecule has 3 aliphatic heterocycles. The molecule has 1 aromatic carbocycles.